The number of nitro groups is 1. The van der Waals surface area contributed by atoms with E-state index in [1.165, 1.54) is 18.2 Å². The Bertz CT molecular complexity index is 679. The van der Waals surface area contributed by atoms with Gasteiger partial charge >= 0.3 is 0 Å². The van der Waals surface area contributed by atoms with Crippen molar-refractivity contribution in [3.63, 3.8) is 0 Å². The highest BCUT2D eigenvalue weighted by Gasteiger charge is 2.11. The van der Waals surface area contributed by atoms with Gasteiger partial charge in [-0.3, -0.25) is 10.1 Å². The molecule has 0 aliphatic rings. The van der Waals surface area contributed by atoms with E-state index < -0.39 is 16.6 Å². The zero-order valence-electron chi connectivity index (χ0n) is 10.7. The molecular formula is C14H10BrF2NO3. The van der Waals surface area contributed by atoms with Crippen molar-refractivity contribution in [1.82, 2.24) is 0 Å². The number of rotatable bonds is 5. The second-order valence-corrected chi connectivity index (χ2v) is 4.82. The van der Waals surface area contributed by atoms with Gasteiger partial charge in [0.05, 0.1) is 11.0 Å². The van der Waals surface area contributed by atoms with Gasteiger partial charge in [-0.2, -0.15) is 0 Å². The SMILES string of the molecule is O=[N+]([O-])c1cc(F)cc(COc2ccc(CBr)cc2F)c1. The van der Waals surface area contributed by atoms with Crippen molar-refractivity contribution in [2.45, 2.75) is 11.9 Å². The molecule has 0 saturated carbocycles. The number of hydrogen-bond donors (Lipinski definition) is 0. The summed E-state index contributed by atoms with van der Waals surface area (Å²) in [6.45, 7) is -0.164. The van der Waals surface area contributed by atoms with Crippen LogP contribution in [0.3, 0.4) is 0 Å². The number of benzene rings is 2. The molecule has 0 N–H and O–H groups in total. The van der Waals surface area contributed by atoms with Crippen LogP contribution in [0.2, 0.25) is 0 Å². The number of ether oxygens (including phenoxy) is 1. The van der Waals surface area contributed by atoms with E-state index in [4.69, 9.17) is 4.74 Å². The largest absolute Gasteiger partial charge is 0.486 e. The van der Waals surface area contributed by atoms with Crippen LogP contribution in [0.5, 0.6) is 5.75 Å². The Balaban J connectivity index is 2.14. The highest BCUT2D eigenvalue weighted by Crippen LogP contribution is 2.22. The molecule has 2 aromatic carbocycles. The molecule has 0 aromatic heterocycles. The summed E-state index contributed by atoms with van der Waals surface area (Å²) in [5.74, 6) is -1.28. The first-order chi connectivity index (χ1) is 9.99. The van der Waals surface area contributed by atoms with Gasteiger partial charge in [0.15, 0.2) is 11.6 Å². The van der Waals surface area contributed by atoms with Crippen LogP contribution < -0.4 is 4.74 Å². The fraction of sp³-hybridized carbons (Fsp3) is 0.143. The summed E-state index contributed by atoms with van der Waals surface area (Å²) in [4.78, 5) is 9.94. The summed E-state index contributed by atoms with van der Waals surface area (Å²) >= 11 is 3.21. The quantitative estimate of drug-likeness (QED) is 0.454. The maximum Gasteiger partial charge on any atom is 0.272 e. The first kappa shape index (κ1) is 15.4. The number of non-ortho nitro benzene ring substituents is 1. The van der Waals surface area contributed by atoms with Gasteiger partial charge in [-0.05, 0) is 29.3 Å². The van der Waals surface area contributed by atoms with Crippen molar-refractivity contribution in [2.24, 2.45) is 0 Å². The Kier molecular flexibility index (Phi) is 4.85. The summed E-state index contributed by atoms with van der Waals surface area (Å²) in [5.41, 5.74) is 0.635. The average Bonchev–Trinajstić information content (AvgIpc) is 2.45. The van der Waals surface area contributed by atoms with Gasteiger partial charge in [0, 0.05) is 11.4 Å². The Labute approximate surface area is 127 Å². The molecule has 0 heterocycles. The molecule has 2 aromatic rings. The summed E-state index contributed by atoms with van der Waals surface area (Å²) in [6, 6.07) is 7.57. The summed E-state index contributed by atoms with van der Waals surface area (Å²) in [5, 5.41) is 11.2. The van der Waals surface area contributed by atoms with Crippen LogP contribution in [-0.2, 0) is 11.9 Å². The van der Waals surface area contributed by atoms with E-state index >= 15 is 0 Å². The maximum atomic E-state index is 13.7. The predicted octanol–water partition coefficient (Wildman–Crippen LogP) is 4.35. The molecule has 0 atom stereocenters. The molecule has 0 saturated heterocycles. The molecule has 21 heavy (non-hydrogen) atoms. The first-order valence-corrected chi connectivity index (χ1v) is 7.03. The molecule has 4 nitrogen and oxygen atoms in total. The highest BCUT2D eigenvalue weighted by atomic mass is 79.9. The molecule has 2 rings (SSSR count). The summed E-state index contributed by atoms with van der Waals surface area (Å²) in [6.07, 6.45) is 0. The van der Waals surface area contributed by atoms with E-state index in [9.17, 15) is 18.9 Å². The van der Waals surface area contributed by atoms with E-state index in [0.717, 1.165) is 17.7 Å². The molecule has 0 aliphatic carbocycles. The molecule has 0 bridgehead atoms. The Morgan fingerprint density at radius 3 is 2.52 bits per heavy atom. The molecule has 0 fully saturated rings. The van der Waals surface area contributed by atoms with Crippen LogP contribution in [0.15, 0.2) is 36.4 Å². The van der Waals surface area contributed by atoms with Crippen molar-refractivity contribution in [2.75, 3.05) is 0 Å². The molecule has 0 amide bonds. The molecule has 0 spiro atoms. The van der Waals surface area contributed by atoms with Crippen molar-refractivity contribution < 1.29 is 18.4 Å². The highest BCUT2D eigenvalue weighted by molar-refractivity contribution is 9.08. The smallest absolute Gasteiger partial charge is 0.272 e. The molecule has 110 valence electrons. The molecular weight excluding hydrogens is 348 g/mol. The van der Waals surface area contributed by atoms with Gasteiger partial charge in [0.1, 0.15) is 12.4 Å². The third-order valence-corrected chi connectivity index (χ3v) is 3.35. The molecule has 0 aliphatic heterocycles. The molecule has 0 unspecified atom stereocenters. The zero-order chi connectivity index (χ0) is 15.4. The Morgan fingerprint density at radius 2 is 1.90 bits per heavy atom. The fourth-order valence-electron chi connectivity index (χ4n) is 1.73. The monoisotopic (exact) mass is 357 g/mol. The molecule has 0 radical (unpaired) electrons. The van der Waals surface area contributed by atoms with Crippen LogP contribution in [0, 0.1) is 21.7 Å². The van der Waals surface area contributed by atoms with E-state index in [-0.39, 0.29) is 23.6 Å². The number of nitro benzene ring substituents is 1. The second kappa shape index (κ2) is 6.62. The lowest BCUT2D eigenvalue weighted by Gasteiger charge is -2.08. The van der Waals surface area contributed by atoms with Gasteiger partial charge in [-0.1, -0.05) is 22.0 Å². The fourth-order valence-corrected chi connectivity index (χ4v) is 2.08. The standard InChI is InChI=1S/C14H10BrF2NO3/c15-7-9-1-2-14(13(17)5-9)21-8-10-3-11(16)6-12(4-10)18(19)20/h1-6H,7-8H2. The minimum absolute atomic E-state index is 0.00612. The lowest BCUT2D eigenvalue weighted by atomic mass is 10.2. The van der Waals surface area contributed by atoms with Gasteiger partial charge in [0.2, 0.25) is 0 Å². The number of hydrogen-bond acceptors (Lipinski definition) is 3. The van der Waals surface area contributed by atoms with Crippen LogP contribution >= 0.6 is 15.9 Å². The van der Waals surface area contributed by atoms with Crippen molar-refractivity contribution >= 4 is 21.6 Å². The summed E-state index contributed by atoms with van der Waals surface area (Å²) < 4.78 is 32.2. The average molecular weight is 358 g/mol. The molecule has 7 heteroatoms. The maximum absolute atomic E-state index is 13.7. The van der Waals surface area contributed by atoms with Gasteiger partial charge in [-0.25, -0.2) is 8.78 Å². The predicted molar refractivity (Wildman–Crippen MR) is 76.4 cm³/mol. The second-order valence-electron chi connectivity index (χ2n) is 4.26. The van der Waals surface area contributed by atoms with E-state index in [1.54, 1.807) is 6.07 Å². The number of nitrogens with zero attached hydrogens (tertiary/aromatic N) is 1. The zero-order valence-corrected chi connectivity index (χ0v) is 12.3. The van der Waals surface area contributed by atoms with Gasteiger partial charge in [-0.15, -0.1) is 0 Å². The topological polar surface area (TPSA) is 52.4 Å². The van der Waals surface area contributed by atoms with E-state index in [1.807, 2.05) is 0 Å². The third-order valence-electron chi connectivity index (χ3n) is 2.70. The van der Waals surface area contributed by atoms with Gasteiger partial charge < -0.3 is 4.74 Å². The lowest BCUT2D eigenvalue weighted by Crippen LogP contribution is -2.00. The summed E-state index contributed by atoms with van der Waals surface area (Å²) in [7, 11) is 0. The third kappa shape index (κ3) is 3.98. The normalized spacial score (nSPS) is 10.4. The number of alkyl halides is 1. The van der Waals surface area contributed by atoms with E-state index in [0.29, 0.717) is 5.33 Å². The van der Waals surface area contributed by atoms with Crippen molar-refractivity contribution in [1.29, 1.82) is 0 Å². The van der Waals surface area contributed by atoms with Crippen LogP contribution in [-0.4, -0.2) is 4.92 Å². The lowest BCUT2D eigenvalue weighted by molar-refractivity contribution is -0.385. The van der Waals surface area contributed by atoms with E-state index in [2.05, 4.69) is 15.9 Å². The number of halogens is 3. The van der Waals surface area contributed by atoms with Crippen LogP contribution in [0.1, 0.15) is 11.1 Å². The minimum atomic E-state index is -0.738. The minimum Gasteiger partial charge on any atom is -0.486 e. The van der Waals surface area contributed by atoms with Crippen LogP contribution in [0.4, 0.5) is 14.5 Å². The van der Waals surface area contributed by atoms with Gasteiger partial charge in [0.25, 0.3) is 5.69 Å². The van der Waals surface area contributed by atoms with Crippen LogP contribution in [0.25, 0.3) is 0 Å². The van der Waals surface area contributed by atoms with Crippen molar-refractivity contribution in [3.8, 4) is 5.75 Å². The first-order valence-electron chi connectivity index (χ1n) is 5.90. The van der Waals surface area contributed by atoms with Crippen molar-refractivity contribution in [3.05, 3.63) is 69.3 Å². The Hall–Kier alpha value is -2.02. The Morgan fingerprint density at radius 1 is 1.14 bits per heavy atom.